The van der Waals surface area contributed by atoms with Crippen molar-refractivity contribution in [2.24, 2.45) is 0 Å². The Hall–Kier alpha value is -1.73. The van der Waals surface area contributed by atoms with Crippen LogP contribution >= 0.6 is 11.8 Å². The summed E-state index contributed by atoms with van der Waals surface area (Å²) in [5.74, 6) is 0.173. The average molecular weight is 370 g/mol. The van der Waals surface area contributed by atoms with E-state index in [9.17, 15) is 17.6 Å². The lowest BCUT2D eigenvalue weighted by Crippen LogP contribution is -2.25. The third-order valence-electron chi connectivity index (χ3n) is 4.07. The highest BCUT2D eigenvalue weighted by Crippen LogP contribution is 2.40. The topological polar surface area (TPSA) is 15.3 Å². The molecule has 7 heteroatoms. The number of rotatable bonds is 5. The summed E-state index contributed by atoms with van der Waals surface area (Å²) >= 11 is 1.42. The van der Waals surface area contributed by atoms with Crippen LogP contribution in [0.25, 0.3) is 0 Å². The molecule has 0 amide bonds. The number of hydrogen-bond acceptors (Lipinski definition) is 3. The molecule has 2 aromatic carbocycles. The number of aryl methyl sites for hydroxylation is 1. The van der Waals surface area contributed by atoms with Gasteiger partial charge in [-0.3, -0.25) is 5.32 Å². The van der Waals surface area contributed by atoms with E-state index in [2.05, 4.69) is 5.32 Å². The van der Waals surface area contributed by atoms with Gasteiger partial charge in [-0.25, -0.2) is 4.39 Å². The Morgan fingerprint density at radius 2 is 1.84 bits per heavy atom. The summed E-state index contributed by atoms with van der Waals surface area (Å²) in [6.45, 7) is 1.68. The van der Waals surface area contributed by atoms with Crippen molar-refractivity contribution in [3.63, 3.8) is 0 Å². The summed E-state index contributed by atoms with van der Waals surface area (Å²) in [6.07, 6.45) is -4.10. The number of alkyl halides is 3. The van der Waals surface area contributed by atoms with Crippen molar-refractivity contribution < 1.29 is 17.6 Å². The van der Waals surface area contributed by atoms with E-state index in [0.29, 0.717) is 37.5 Å². The van der Waals surface area contributed by atoms with Gasteiger partial charge in [0, 0.05) is 23.7 Å². The first kappa shape index (κ1) is 18.1. The molecule has 0 spiro atoms. The van der Waals surface area contributed by atoms with Crippen LogP contribution in [0.3, 0.4) is 0 Å². The number of nitrogens with one attached hydrogen (secondary N) is 1. The molecule has 0 saturated carbocycles. The minimum absolute atomic E-state index is 0.238. The number of halogens is 4. The lowest BCUT2D eigenvalue weighted by molar-refractivity contribution is -0.137. The molecule has 0 atom stereocenters. The summed E-state index contributed by atoms with van der Waals surface area (Å²) in [5, 5.41) is 3.06. The monoisotopic (exact) mass is 370 g/mol. The summed E-state index contributed by atoms with van der Waals surface area (Å²) in [6, 6.07) is 10.7. The third-order valence-corrected chi connectivity index (χ3v) is 5.08. The van der Waals surface area contributed by atoms with Gasteiger partial charge in [0.05, 0.1) is 17.9 Å². The summed E-state index contributed by atoms with van der Waals surface area (Å²) in [7, 11) is 0. The van der Waals surface area contributed by atoms with Gasteiger partial charge in [-0.15, -0.1) is 11.8 Å². The quantitative estimate of drug-likeness (QED) is 0.614. The second-order valence-electron chi connectivity index (χ2n) is 5.78. The van der Waals surface area contributed by atoms with E-state index in [1.807, 2.05) is 0 Å². The summed E-state index contributed by atoms with van der Waals surface area (Å²) in [4.78, 5) is 2.56. The number of anilines is 1. The molecule has 1 fully saturated rings. The highest BCUT2D eigenvalue weighted by Gasteiger charge is 2.37. The fourth-order valence-corrected chi connectivity index (χ4v) is 3.79. The fourth-order valence-electron chi connectivity index (χ4n) is 2.91. The lowest BCUT2D eigenvalue weighted by atomic mass is 10.0. The van der Waals surface area contributed by atoms with Crippen molar-refractivity contribution in [3.05, 3.63) is 59.4 Å². The largest absolute Gasteiger partial charge is 0.418 e. The fraction of sp³-hybridized carbons (Fsp3) is 0.333. The van der Waals surface area contributed by atoms with Crippen LogP contribution in [0.15, 0.2) is 47.4 Å². The van der Waals surface area contributed by atoms with Gasteiger partial charge in [-0.2, -0.15) is 13.2 Å². The molecule has 2 aromatic rings. The van der Waals surface area contributed by atoms with Gasteiger partial charge < -0.3 is 4.90 Å². The van der Waals surface area contributed by atoms with Crippen LogP contribution in [0.5, 0.6) is 0 Å². The normalized spacial score (nSPS) is 15.0. The Labute approximate surface area is 148 Å². The first-order chi connectivity index (χ1) is 11.9. The zero-order valence-corrected chi connectivity index (χ0v) is 14.3. The Balaban J connectivity index is 1.77. The van der Waals surface area contributed by atoms with Crippen molar-refractivity contribution in [3.8, 4) is 0 Å². The van der Waals surface area contributed by atoms with Crippen molar-refractivity contribution in [1.29, 1.82) is 0 Å². The van der Waals surface area contributed by atoms with Gasteiger partial charge in [0.25, 0.3) is 0 Å². The number of benzene rings is 2. The smallest absolute Gasteiger partial charge is 0.357 e. The molecule has 3 rings (SSSR count). The first-order valence-electron chi connectivity index (χ1n) is 7.98. The molecular formula is C18H18F4N2S. The molecule has 1 aliphatic heterocycles. The Morgan fingerprint density at radius 3 is 2.48 bits per heavy atom. The van der Waals surface area contributed by atoms with Crippen LogP contribution in [0, 0.1) is 5.82 Å². The van der Waals surface area contributed by atoms with E-state index < -0.39 is 11.7 Å². The molecule has 0 radical (unpaired) electrons. The molecular weight excluding hydrogens is 352 g/mol. The predicted octanol–water partition coefficient (Wildman–Crippen LogP) is 4.55. The van der Waals surface area contributed by atoms with E-state index in [4.69, 9.17) is 0 Å². The van der Waals surface area contributed by atoms with Crippen LogP contribution < -0.4 is 10.2 Å². The molecule has 1 saturated heterocycles. The average Bonchev–Trinajstić information content (AvgIpc) is 3.10. The molecule has 0 aliphatic carbocycles. The SMILES string of the molecule is Fc1ccc(SCCc2cccc(N3CCNC3)c2C(F)(F)F)cc1. The zero-order valence-electron chi connectivity index (χ0n) is 13.4. The molecule has 1 heterocycles. The number of hydrogen-bond donors (Lipinski definition) is 1. The molecule has 25 heavy (non-hydrogen) atoms. The van der Waals surface area contributed by atoms with E-state index in [1.165, 1.54) is 30.0 Å². The van der Waals surface area contributed by atoms with Gasteiger partial charge in [0.1, 0.15) is 5.82 Å². The Morgan fingerprint density at radius 1 is 1.08 bits per heavy atom. The van der Waals surface area contributed by atoms with Crippen LogP contribution in [-0.2, 0) is 12.6 Å². The van der Waals surface area contributed by atoms with Crippen molar-refractivity contribution in [1.82, 2.24) is 5.32 Å². The maximum Gasteiger partial charge on any atom is 0.418 e. The maximum absolute atomic E-state index is 13.7. The number of nitrogens with zero attached hydrogens (tertiary/aromatic N) is 1. The van der Waals surface area contributed by atoms with E-state index in [-0.39, 0.29) is 11.5 Å². The van der Waals surface area contributed by atoms with Gasteiger partial charge in [-0.1, -0.05) is 12.1 Å². The van der Waals surface area contributed by atoms with Crippen LogP contribution in [0.4, 0.5) is 23.2 Å². The van der Waals surface area contributed by atoms with Crippen LogP contribution in [-0.4, -0.2) is 25.5 Å². The van der Waals surface area contributed by atoms with E-state index >= 15 is 0 Å². The van der Waals surface area contributed by atoms with Crippen molar-refractivity contribution in [2.45, 2.75) is 17.5 Å². The second kappa shape index (κ2) is 7.66. The molecule has 2 nitrogen and oxygen atoms in total. The molecule has 134 valence electrons. The molecule has 1 N–H and O–H groups in total. The molecule has 0 unspecified atom stereocenters. The minimum atomic E-state index is -4.39. The first-order valence-corrected chi connectivity index (χ1v) is 8.97. The number of thioether (sulfide) groups is 1. The lowest BCUT2D eigenvalue weighted by Gasteiger charge is -2.24. The predicted molar refractivity (Wildman–Crippen MR) is 92.5 cm³/mol. The molecule has 0 bridgehead atoms. The standard InChI is InChI=1S/C18H18F4N2S/c19-14-4-6-15(7-5-14)25-11-8-13-2-1-3-16(17(13)18(20,21)22)24-10-9-23-12-24/h1-7,23H,8-12H2. The van der Waals surface area contributed by atoms with E-state index in [1.54, 1.807) is 29.2 Å². The van der Waals surface area contributed by atoms with E-state index in [0.717, 1.165) is 4.90 Å². The maximum atomic E-state index is 13.7. The van der Waals surface area contributed by atoms with Crippen LogP contribution in [0.2, 0.25) is 0 Å². The van der Waals surface area contributed by atoms with Crippen molar-refractivity contribution >= 4 is 17.4 Å². The van der Waals surface area contributed by atoms with Gasteiger partial charge >= 0.3 is 6.18 Å². The molecule has 1 aliphatic rings. The molecule has 0 aromatic heterocycles. The second-order valence-corrected chi connectivity index (χ2v) is 6.95. The van der Waals surface area contributed by atoms with Crippen LogP contribution in [0.1, 0.15) is 11.1 Å². The highest BCUT2D eigenvalue weighted by molar-refractivity contribution is 7.99. The van der Waals surface area contributed by atoms with Gasteiger partial charge in [0.2, 0.25) is 0 Å². The summed E-state index contributed by atoms with van der Waals surface area (Å²) in [5.41, 5.74) is -0.00769. The van der Waals surface area contributed by atoms with Gasteiger partial charge in [0.15, 0.2) is 0 Å². The highest BCUT2D eigenvalue weighted by atomic mass is 32.2. The van der Waals surface area contributed by atoms with Gasteiger partial charge in [-0.05, 0) is 42.3 Å². The zero-order chi connectivity index (χ0) is 17.9. The van der Waals surface area contributed by atoms with Crippen molar-refractivity contribution in [2.75, 3.05) is 30.4 Å². The summed E-state index contributed by atoms with van der Waals surface area (Å²) < 4.78 is 53.9. The Bertz CT molecular complexity index is 710. The third kappa shape index (κ3) is 4.46. The minimum Gasteiger partial charge on any atom is -0.357 e. The Kier molecular flexibility index (Phi) is 5.54.